The van der Waals surface area contributed by atoms with E-state index in [1.807, 2.05) is 31.2 Å². The van der Waals surface area contributed by atoms with Crippen molar-refractivity contribution in [2.24, 2.45) is 0 Å². The molecular weight excluding hydrogens is 452 g/mol. The summed E-state index contributed by atoms with van der Waals surface area (Å²) in [6.45, 7) is 5.74. The fourth-order valence-corrected chi connectivity index (χ4v) is 4.29. The lowest BCUT2D eigenvalue weighted by Crippen LogP contribution is -2.35. The molecule has 1 aliphatic rings. The number of hydrogen-bond donors (Lipinski definition) is 3. The van der Waals surface area contributed by atoms with Crippen LogP contribution < -0.4 is 20.9 Å². The van der Waals surface area contributed by atoms with Crippen LogP contribution in [0.4, 0.5) is 17.1 Å². The maximum Gasteiger partial charge on any atom is 0.255 e. The first-order valence-corrected chi connectivity index (χ1v) is 12.3. The van der Waals surface area contributed by atoms with Gasteiger partial charge in [-0.3, -0.25) is 14.4 Å². The minimum Gasteiger partial charge on any atom is -0.371 e. The largest absolute Gasteiger partial charge is 0.371 e. The molecule has 1 atom stereocenters. The summed E-state index contributed by atoms with van der Waals surface area (Å²) < 4.78 is 0. The predicted molar refractivity (Wildman–Crippen MR) is 144 cm³/mol. The maximum absolute atomic E-state index is 12.8. The lowest BCUT2D eigenvalue weighted by Gasteiger charge is -2.19. The van der Waals surface area contributed by atoms with Crippen LogP contribution in [-0.4, -0.2) is 36.9 Å². The molecule has 1 heterocycles. The highest BCUT2D eigenvalue weighted by atomic mass is 16.2. The molecule has 1 aliphatic heterocycles. The SMILES string of the molecule is Cc1ccc(C(=O)NC(C)CC(=O)Nc2cccc(N3CCCC3)c2)cc1NC(=O)c1ccccc1. The molecule has 0 saturated carbocycles. The quantitative estimate of drug-likeness (QED) is 0.420. The first-order valence-electron chi connectivity index (χ1n) is 12.3. The molecule has 0 radical (unpaired) electrons. The second kappa shape index (κ2) is 11.5. The van der Waals surface area contributed by atoms with Crippen LogP contribution >= 0.6 is 0 Å². The van der Waals surface area contributed by atoms with Gasteiger partial charge in [0.15, 0.2) is 0 Å². The van der Waals surface area contributed by atoms with Crippen LogP contribution in [0.2, 0.25) is 0 Å². The number of nitrogens with one attached hydrogen (secondary N) is 3. The standard InChI is InChI=1S/C29H32N4O3/c1-20-13-14-23(18-26(20)32-28(35)22-9-4-3-5-10-22)29(36)30-21(2)17-27(34)31-24-11-8-12-25(19-24)33-15-6-7-16-33/h3-5,8-14,18-19,21H,6-7,15-17H2,1-2H3,(H,30,36)(H,31,34)(H,32,35). The van der Waals surface area contributed by atoms with Crippen molar-refractivity contribution in [1.82, 2.24) is 5.32 Å². The van der Waals surface area contributed by atoms with Crippen LogP contribution in [0.15, 0.2) is 72.8 Å². The van der Waals surface area contributed by atoms with Crippen LogP contribution in [0.25, 0.3) is 0 Å². The zero-order valence-electron chi connectivity index (χ0n) is 20.7. The van der Waals surface area contributed by atoms with Crippen molar-refractivity contribution in [3.8, 4) is 0 Å². The Labute approximate surface area is 211 Å². The van der Waals surface area contributed by atoms with Crippen LogP contribution in [0.5, 0.6) is 0 Å². The highest BCUT2D eigenvalue weighted by Crippen LogP contribution is 2.23. The topological polar surface area (TPSA) is 90.5 Å². The number of benzene rings is 3. The third-order valence-corrected chi connectivity index (χ3v) is 6.25. The van der Waals surface area contributed by atoms with E-state index < -0.39 is 0 Å². The zero-order valence-corrected chi connectivity index (χ0v) is 20.7. The number of rotatable bonds is 8. The Morgan fingerprint density at radius 2 is 1.58 bits per heavy atom. The smallest absolute Gasteiger partial charge is 0.255 e. The first-order chi connectivity index (χ1) is 17.4. The Hall–Kier alpha value is -4.13. The highest BCUT2D eigenvalue weighted by molar-refractivity contribution is 6.05. The van der Waals surface area contributed by atoms with Gasteiger partial charge in [-0.2, -0.15) is 0 Å². The van der Waals surface area contributed by atoms with E-state index in [2.05, 4.69) is 26.9 Å². The van der Waals surface area contributed by atoms with Crippen LogP contribution in [0.3, 0.4) is 0 Å². The number of anilines is 3. The molecule has 0 aromatic heterocycles. The molecule has 0 spiro atoms. The summed E-state index contributed by atoms with van der Waals surface area (Å²) in [7, 11) is 0. The van der Waals surface area contributed by atoms with Crippen molar-refractivity contribution in [3.05, 3.63) is 89.5 Å². The number of carbonyl (C=O) groups is 3. The molecule has 36 heavy (non-hydrogen) atoms. The molecule has 1 fully saturated rings. The van der Waals surface area contributed by atoms with E-state index >= 15 is 0 Å². The third-order valence-electron chi connectivity index (χ3n) is 6.25. The van der Waals surface area contributed by atoms with Gasteiger partial charge in [0.25, 0.3) is 11.8 Å². The first kappa shape index (κ1) is 25.0. The van der Waals surface area contributed by atoms with E-state index in [-0.39, 0.29) is 30.2 Å². The molecule has 1 unspecified atom stereocenters. The number of amides is 3. The Balaban J connectivity index is 1.32. The Morgan fingerprint density at radius 3 is 2.33 bits per heavy atom. The molecule has 1 saturated heterocycles. The number of carbonyl (C=O) groups excluding carboxylic acids is 3. The van der Waals surface area contributed by atoms with Crippen molar-refractivity contribution in [2.45, 2.75) is 39.2 Å². The lowest BCUT2D eigenvalue weighted by molar-refractivity contribution is -0.116. The molecule has 0 aliphatic carbocycles. The van der Waals surface area contributed by atoms with Gasteiger partial charge < -0.3 is 20.9 Å². The van der Waals surface area contributed by atoms with Crippen molar-refractivity contribution in [1.29, 1.82) is 0 Å². The minimum atomic E-state index is -0.372. The molecule has 3 N–H and O–H groups in total. The van der Waals surface area contributed by atoms with Crippen LogP contribution in [-0.2, 0) is 4.79 Å². The Bertz CT molecular complexity index is 1240. The van der Waals surface area contributed by atoms with Gasteiger partial charge >= 0.3 is 0 Å². The summed E-state index contributed by atoms with van der Waals surface area (Å²) in [4.78, 5) is 40.3. The van der Waals surface area contributed by atoms with Crippen molar-refractivity contribution >= 4 is 34.8 Å². The summed E-state index contributed by atoms with van der Waals surface area (Å²) in [6.07, 6.45) is 2.52. The molecular formula is C29H32N4O3. The maximum atomic E-state index is 12.8. The van der Waals surface area contributed by atoms with Gasteiger partial charge in [-0.05, 0) is 74.7 Å². The van der Waals surface area contributed by atoms with Gasteiger partial charge in [-0.15, -0.1) is 0 Å². The number of nitrogens with zero attached hydrogens (tertiary/aromatic N) is 1. The van der Waals surface area contributed by atoms with E-state index in [0.717, 1.165) is 30.0 Å². The predicted octanol–water partition coefficient (Wildman–Crippen LogP) is 4.99. The van der Waals surface area contributed by atoms with Crippen molar-refractivity contribution in [3.63, 3.8) is 0 Å². The second-order valence-corrected chi connectivity index (χ2v) is 9.22. The fourth-order valence-electron chi connectivity index (χ4n) is 4.29. The summed E-state index contributed by atoms with van der Waals surface area (Å²) >= 11 is 0. The van der Waals surface area contributed by atoms with Crippen molar-refractivity contribution < 1.29 is 14.4 Å². The summed E-state index contributed by atoms with van der Waals surface area (Å²) in [5.41, 5.74) is 4.23. The van der Waals surface area contributed by atoms with E-state index in [4.69, 9.17) is 0 Å². The molecule has 7 heteroatoms. The lowest BCUT2D eigenvalue weighted by atomic mass is 10.1. The van der Waals surface area contributed by atoms with Gasteiger partial charge in [0.05, 0.1) is 0 Å². The van der Waals surface area contributed by atoms with Gasteiger partial charge in [0.2, 0.25) is 5.91 Å². The van der Waals surface area contributed by atoms with Gasteiger partial charge in [0.1, 0.15) is 0 Å². The number of aryl methyl sites for hydroxylation is 1. The summed E-state index contributed by atoms with van der Waals surface area (Å²) in [5.74, 6) is -0.710. The molecule has 3 aromatic rings. The molecule has 4 rings (SSSR count). The van der Waals surface area contributed by atoms with Gasteiger partial charge in [-0.25, -0.2) is 0 Å². The molecule has 3 amide bonds. The molecule has 186 valence electrons. The van der Waals surface area contributed by atoms with E-state index in [1.54, 1.807) is 49.4 Å². The Kier molecular flexibility index (Phi) is 8.00. The highest BCUT2D eigenvalue weighted by Gasteiger charge is 2.17. The molecule has 7 nitrogen and oxygen atoms in total. The van der Waals surface area contributed by atoms with Gasteiger partial charge in [-0.1, -0.05) is 30.3 Å². The Morgan fingerprint density at radius 1 is 0.833 bits per heavy atom. The zero-order chi connectivity index (χ0) is 25.5. The summed E-state index contributed by atoms with van der Waals surface area (Å²) in [5, 5.41) is 8.69. The number of hydrogen-bond acceptors (Lipinski definition) is 4. The molecule has 0 bridgehead atoms. The van der Waals surface area contributed by atoms with Gasteiger partial charge in [0, 0.05) is 53.7 Å². The minimum absolute atomic E-state index is 0.142. The average molecular weight is 485 g/mol. The van der Waals surface area contributed by atoms with E-state index in [0.29, 0.717) is 16.8 Å². The van der Waals surface area contributed by atoms with Crippen LogP contribution in [0, 0.1) is 6.92 Å². The normalized spacial score (nSPS) is 13.7. The third kappa shape index (κ3) is 6.50. The average Bonchev–Trinajstić information content (AvgIpc) is 3.41. The fraction of sp³-hybridized carbons (Fsp3) is 0.276. The van der Waals surface area contributed by atoms with E-state index in [9.17, 15) is 14.4 Å². The monoisotopic (exact) mass is 484 g/mol. The van der Waals surface area contributed by atoms with Crippen molar-refractivity contribution in [2.75, 3.05) is 28.6 Å². The summed E-state index contributed by atoms with van der Waals surface area (Å²) in [6, 6.07) is 21.6. The molecule has 3 aromatic carbocycles. The second-order valence-electron chi connectivity index (χ2n) is 9.22. The van der Waals surface area contributed by atoms with E-state index in [1.165, 1.54) is 12.8 Å². The van der Waals surface area contributed by atoms with Crippen LogP contribution in [0.1, 0.15) is 52.5 Å².